The maximum Gasteiger partial charge on any atom is 0.328 e. The molecular formula is C17H26N2O3. The van der Waals surface area contributed by atoms with Gasteiger partial charge in [0.15, 0.2) is 0 Å². The van der Waals surface area contributed by atoms with E-state index in [1.807, 2.05) is 44.2 Å². The number of carbonyl (C=O) groups is 2. The van der Waals surface area contributed by atoms with E-state index in [1.54, 1.807) is 14.1 Å². The zero-order chi connectivity index (χ0) is 16.7. The predicted octanol–water partition coefficient (Wildman–Crippen LogP) is 1.47. The van der Waals surface area contributed by atoms with Crippen LogP contribution >= 0.6 is 0 Å². The highest BCUT2D eigenvalue weighted by Crippen LogP contribution is 2.14. The lowest BCUT2D eigenvalue weighted by atomic mass is 10.00. The Kier molecular flexibility index (Phi) is 7.05. The van der Waals surface area contributed by atoms with E-state index >= 15 is 0 Å². The fraction of sp³-hybridized carbons (Fsp3) is 0.529. The number of hydrogen-bond donors (Lipinski definition) is 1. The van der Waals surface area contributed by atoms with Crippen LogP contribution in [0.2, 0.25) is 0 Å². The summed E-state index contributed by atoms with van der Waals surface area (Å²) in [7, 11) is 4.75. The monoisotopic (exact) mass is 306 g/mol. The first kappa shape index (κ1) is 18.2. The van der Waals surface area contributed by atoms with Crippen molar-refractivity contribution in [2.24, 2.45) is 5.92 Å². The third-order valence-electron chi connectivity index (χ3n) is 3.77. The standard InChI is InChI=1S/C17H26N2O3/c1-12(2)15(17(21)22-5)19(4)16(20)14(18-3)11-13-9-7-6-8-10-13/h6-10,12,14-15,18H,11H2,1-5H3/t14-,15-/m0/s1. The van der Waals surface area contributed by atoms with Crippen molar-refractivity contribution in [1.29, 1.82) is 0 Å². The number of methoxy groups -OCH3 is 1. The van der Waals surface area contributed by atoms with E-state index in [-0.39, 0.29) is 23.8 Å². The van der Waals surface area contributed by atoms with Crippen molar-refractivity contribution in [2.75, 3.05) is 21.2 Å². The molecule has 1 aromatic rings. The van der Waals surface area contributed by atoms with E-state index in [0.29, 0.717) is 6.42 Å². The number of nitrogens with one attached hydrogen (secondary N) is 1. The second-order valence-electron chi connectivity index (χ2n) is 5.69. The average molecular weight is 306 g/mol. The van der Waals surface area contributed by atoms with Gasteiger partial charge in [-0.1, -0.05) is 44.2 Å². The van der Waals surface area contributed by atoms with Crippen LogP contribution in [0.15, 0.2) is 30.3 Å². The van der Waals surface area contributed by atoms with Gasteiger partial charge in [0.25, 0.3) is 0 Å². The number of carbonyl (C=O) groups excluding carboxylic acids is 2. The molecule has 0 spiro atoms. The molecule has 0 bridgehead atoms. The first-order chi connectivity index (χ1) is 10.4. The van der Waals surface area contributed by atoms with E-state index in [9.17, 15) is 9.59 Å². The minimum Gasteiger partial charge on any atom is -0.467 e. The van der Waals surface area contributed by atoms with Crippen molar-refractivity contribution in [3.05, 3.63) is 35.9 Å². The maximum absolute atomic E-state index is 12.7. The van der Waals surface area contributed by atoms with Crippen molar-refractivity contribution in [1.82, 2.24) is 10.2 Å². The lowest BCUT2D eigenvalue weighted by Gasteiger charge is -2.31. The van der Waals surface area contributed by atoms with Crippen molar-refractivity contribution >= 4 is 11.9 Å². The van der Waals surface area contributed by atoms with Crippen LogP contribution in [0.5, 0.6) is 0 Å². The van der Waals surface area contributed by atoms with Crippen LogP contribution in [0.4, 0.5) is 0 Å². The molecule has 122 valence electrons. The van der Waals surface area contributed by atoms with Gasteiger partial charge in [0.05, 0.1) is 13.2 Å². The minimum absolute atomic E-state index is 0.0179. The molecule has 2 atom stereocenters. The van der Waals surface area contributed by atoms with Crippen molar-refractivity contribution in [3.63, 3.8) is 0 Å². The third-order valence-corrected chi connectivity index (χ3v) is 3.77. The number of likely N-dealkylation sites (N-methyl/N-ethyl adjacent to an activating group) is 2. The Morgan fingerprint density at radius 3 is 2.27 bits per heavy atom. The van der Waals surface area contributed by atoms with E-state index in [2.05, 4.69) is 5.32 Å². The van der Waals surface area contributed by atoms with Gasteiger partial charge in [-0.25, -0.2) is 4.79 Å². The Morgan fingerprint density at radius 2 is 1.82 bits per heavy atom. The molecule has 0 heterocycles. The number of amides is 1. The van der Waals surface area contributed by atoms with Gasteiger partial charge < -0.3 is 15.0 Å². The lowest BCUT2D eigenvalue weighted by Crippen LogP contribution is -2.53. The number of ether oxygens (including phenoxy) is 1. The van der Waals surface area contributed by atoms with E-state index in [1.165, 1.54) is 12.0 Å². The molecule has 0 aliphatic carbocycles. The van der Waals surface area contributed by atoms with Gasteiger partial charge in [0, 0.05) is 7.05 Å². The highest BCUT2D eigenvalue weighted by Gasteiger charge is 2.33. The zero-order valence-corrected chi connectivity index (χ0v) is 14.0. The second-order valence-corrected chi connectivity index (χ2v) is 5.69. The number of esters is 1. The van der Waals surface area contributed by atoms with Crippen LogP contribution in [-0.4, -0.2) is 50.1 Å². The number of rotatable bonds is 7. The second kappa shape index (κ2) is 8.54. The van der Waals surface area contributed by atoms with Gasteiger partial charge in [-0.15, -0.1) is 0 Å². The van der Waals surface area contributed by atoms with Crippen LogP contribution in [0.25, 0.3) is 0 Å². The molecular weight excluding hydrogens is 280 g/mol. The molecule has 5 nitrogen and oxygen atoms in total. The molecule has 1 rings (SSSR count). The molecule has 0 unspecified atom stereocenters. The van der Waals surface area contributed by atoms with Gasteiger partial charge in [-0.2, -0.15) is 0 Å². The molecule has 5 heteroatoms. The lowest BCUT2D eigenvalue weighted by molar-refractivity contribution is -0.154. The van der Waals surface area contributed by atoms with E-state index in [0.717, 1.165) is 5.56 Å². The molecule has 0 saturated carbocycles. The van der Waals surface area contributed by atoms with Crippen LogP contribution in [0.1, 0.15) is 19.4 Å². The number of nitrogens with zero attached hydrogens (tertiary/aromatic N) is 1. The van der Waals surface area contributed by atoms with Gasteiger partial charge in [-0.05, 0) is 24.9 Å². The number of hydrogen-bond acceptors (Lipinski definition) is 4. The predicted molar refractivity (Wildman–Crippen MR) is 86.4 cm³/mol. The first-order valence-corrected chi connectivity index (χ1v) is 7.48. The molecule has 1 aromatic carbocycles. The van der Waals surface area contributed by atoms with Gasteiger partial charge >= 0.3 is 5.97 Å². The van der Waals surface area contributed by atoms with Gasteiger partial charge in [0.2, 0.25) is 5.91 Å². The zero-order valence-electron chi connectivity index (χ0n) is 14.0. The summed E-state index contributed by atoms with van der Waals surface area (Å²) in [4.78, 5) is 26.1. The smallest absolute Gasteiger partial charge is 0.328 e. The Labute approximate surface area is 132 Å². The van der Waals surface area contributed by atoms with Crippen LogP contribution in [0.3, 0.4) is 0 Å². The fourth-order valence-electron chi connectivity index (χ4n) is 2.54. The highest BCUT2D eigenvalue weighted by atomic mass is 16.5. The highest BCUT2D eigenvalue weighted by molar-refractivity contribution is 5.87. The summed E-state index contributed by atoms with van der Waals surface area (Å²) in [6.07, 6.45) is 0.576. The molecule has 0 aliphatic rings. The van der Waals surface area contributed by atoms with Crippen molar-refractivity contribution in [3.8, 4) is 0 Å². The number of benzene rings is 1. The normalized spacial score (nSPS) is 13.5. The maximum atomic E-state index is 12.7. The molecule has 0 saturated heterocycles. The molecule has 0 aliphatic heterocycles. The summed E-state index contributed by atoms with van der Waals surface area (Å²) in [6.45, 7) is 3.80. The Hall–Kier alpha value is -1.88. The molecule has 1 N–H and O–H groups in total. The molecule has 0 fully saturated rings. The van der Waals surface area contributed by atoms with Crippen molar-refractivity contribution < 1.29 is 14.3 Å². The molecule has 1 amide bonds. The van der Waals surface area contributed by atoms with E-state index < -0.39 is 6.04 Å². The largest absolute Gasteiger partial charge is 0.467 e. The summed E-state index contributed by atoms with van der Waals surface area (Å²) in [5.74, 6) is -0.522. The third kappa shape index (κ3) is 4.56. The van der Waals surface area contributed by atoms with Gasteiger partial charge in [0.1, 0.15) is 6.04 Å². The summed E-state index contributed by atoms with van der Waals surface area (Å²) in [5.41, 5.74) is 1.07. The van der Waals surface area contributed by atoms with Crippen LogP contribution in [-0.2, 0) is 20.7 Å². The Morgan fingerprint density at radius 1 is 1.23 bits per heavy atom. The van der Waals surface area contributed by atoms with Crippen LogP contribution < -0.4 is 5.32 Å². The van der Waals surface area contributed by atoms with Crippen molar-refractivity contribution in [2.45, 2.75) is 32.4 Å². The summed E-state index contributed by atoms with van der Waals surface area (Å²) >= 11 is 0. The summed E-state index contributed by atoms with van der Waals surface area (Å²) in [6, 6.07) is 8.85. The molecule has 22 heavy (non-hydrogen) atoms. The topological polar surface area (TPSA) is 58.6 Å². The molecule has 0 radical (unpaired) electrons. The van der Waals surface area contributed by atoms with E-state index in [4.69, 9.17) is 4.74 Å². The first-order valence-electron chi connectivity index (χ1n) is 7.48. The summed E-state index contributed by atoms with van der Waals surface area (Å²) < 4.78 is 4.82. The average Bonchev–Trinajstić information content (AvgIpc) is 2.52. The Balaban J connectivity index is 2.87. The quantitative estimate of drug-likeness (QED) is 0.775. The fourth-order valence-corrected chi connectivity index (χ4v) is 2.54. The summed E-state index contributed by atoms with van der Waals surface area (Å²) in [5, 5.41) is 3.04. The van der Waals surface area contributed by atoms with Crippen LogP contribution in [0, 0.1) is 5.92 Å². The Bertz CT molecular complexity index is 488. The minimum atomic E-state index is -0.580. The SMILES string of the molecule is CN[C@@H](Cc1ccccc1)C(=O)N(C)[C@H](C(=O)OC)C(C)C. The molecule has 0 aromatic heterocycles. The van der Waals surface area contributed by atoms with Gasteiger partial charge in [-0.3, -0.25) is 4.79 Å².